The van der Waals surface area contributed by atoms with Gasteiger partial charge in [-0.05, 0) is 6.07 Å². The first-order valence-electron chi connectivity index (χ1n) is 4.46. The number of ether oxygens (including phenoxy) is 1. The van der Waals surface area contributed by atoms with Crippen LogP contribution in [0.3, 0.4) is 0 Å². The molecule has 0 aromatic carbocycles. The molecule has 0 atom stereocenters. The first kappa shape index (κ1) is 13.2. The van der Waals surface area contributed by atoms with Crippen molar-refractivity contribution in [3.05, 3.63) is 18.0 Å². The summed E-state index contributed by atoms with van der Waals surface area (Å²) < 4.78 is 40.1. The molecule has 6 nitrogen and oxygen atoms in total. The second-order valence-electron chi connectivity index (χ2n) is 2.91. The Bertz CT molecular complexity index is 397. The minimum absolute atomic E-state index is 0.0930. The van der Waals surface area contributed by atoms with E-state index in [9.17, 15) is 18.0 Å². The van der Waals surface area contributed by atoms with E-state index in [0.29, 0.717) is 0 Å². The number of alkyl halides is 3. The fraction of sp³-hybridized carbons (Fsp3) is 0.375. The summed E-state index contributed by atoms with van der Waals surface area (Å²) in [6.07, 6.45) is -4.25. The fourth-order valence-electron chi connectivity index (χ4n) is 0.869. The molecule has 0 radical (unpaired) electrons. The summed E-state index contributed by atoms with van der Waals surface area (Å²) in [6, 6.07) is 0.939. The monoisotopic (exact) mass is 250 g/mol. The zero-order valence-electron chi connectivity index (χ0n) is 8.49. The summed E-state index contributed by atoms with van der Waals surface area (Å²) in [5, 5.41) is 0. The van der Waals surface area contributed by atoms with Crippen LogP contribution >= 0.6 is 0 Å². The van der Waals surface area contributed by atoms with Crippen LogP contribution < -0.4 is 16.0 Å². The minimum atomic E-state index is -4.31. The van der Waals surface area contributed by atoms with E-state index < -0.39 is 25.1 Å². The number of carbonyl (C=O) groups excluding carboxylic acids is 1. The van der Waals surface area contributed by atoms with Gasteiger partial charge in [0.05, 0.1) is 6.42 Å². The van der Waals surface area contributed by atoms with E-state index in [2.05, 4.69) is 14.7 Å². The molecule has 0 aliphatic carbocycles. The zero-order valence-corrected chi connectivity index (χ0v) is 8.49. The van der Waals surface area contributed by atoms with Gasteiger partial charge in [0.2, 0.25) is 0 Å². The molecular formula is C8H9F3N4O2. The number of carbonyl (C=O) groups is 1. The Morgan fingerprint density at radius 1 is 1.53 bits per heavy atom. The summed E-state index contributed by atoms with van der Waals surface area (Å²) >= 11 is 0. The third kappa shape index (κ3) is 4.64. The van der Waals surface area contributed by atoms with Crippen molar-refractivity contribution in [1.82, 2.24) is 15.4 Å². The van der Waals surface area contributed by atoms with Crippen molar-refractivity contribution in [2.45, 2.75) is 12.6 Å². The van der Waals surface area contributed by atoms with Crippen molar-refractivity contribution < 1.29 is 22.7 Å². The third-order valence-corrected chi connectivity index (χ3v) is 1.61. The highest BCUT2D eigenvalue weighted by atomic mass is 19.4. The predicted octanol–water partition coefficient (Wildman–Crippen LogP) is 0.411. The lowest BCUT2D eigenvalue weighted by molar-refractivity contribution is -0.139. The molecule has 0 bridgehead atoms. The number of hydrogen-bond donors (Lipinski definition) is 2. The molecule has 94 valence electrons. The average Bonchev–Trinajstić information content (AvgIpc) is 2.27. The van der Waals surface area contributed by atoms with Crippen molar-refractivity contribution in [1.29, 1.82) is 0 Å². The van der Waals surface area contributed by atoms with Crippen molar-refractivity contribution in [3.8, 4) is 6.01 Å². The molecule has 1 amide bonds. The van der Waals surface area contributed by atoms with Crippen LogP contribution in [-0.2, 0) is 0 Å². The van der Waals surface area contributed by atoms with Gasteiger partial charge in [-0.15, -0.1) is 0 Å². The lowest BCUT2D eigenvalue weighted by Gasteiger charge is -2.07. The number of nitrogens with one attached hydrogen (secondary N) is 1. The molecular weight excluding hydrogens is 241 g/mol. The maximum atomic E-state index is 11.8. The first-order chi connectivity index (χ1) is 7.92. The summed E-state index contributed by atoms with van der Waals surface area (Å²) in [5.74, 6) is 4.17. The topological polar surface area (TPSA) is 90.1 Å². The highest BCUT2D eigenvalue weighted by Gasteiger charge is 2.27. The quantitative estimate of drug-likeness (QED) is 0.459. The van der Waals surface area contributed by atoms with Crippen LogP contribution in [0, 0.1) is 0 Å². The second kappa shape index (κ2) is 5.43. The number of nitrogens with two attached hydrogens (primary N) is 1. The van der Waals surface area contributed by atoms with E-state index in [0.717, 1.165) is 0 Å². The van der Waals surface area contributed by atoms with E-state index in [1.54, 1.807) is 0 Å². The van der Waals surface area contributed by atoms with Crippen molar-refractivity contribution in [3.63, 3.8) is 0 Å². The van der Waals surface area contributed by atoms with Crippen molar-refractivity contribution in [2.75, 3.05) is 6.61 Å². The van der Waals surface area contributed by atoms with Crippen LogP contribution in [0.1, 0.15) is 16.9 Å². The summed E-state index contributed by atoms with van der Waals surface area (Å²) in [5.41, 5.74) is 1.73. The lowest BCUT2D eigenvalue weighted by Crippen LogP contribution is -2.30. The van der Waals surface area contributed by atoms with Gasteiger partial charge in [0.25, 0.3) is 5.91 Å². The van der Waals surface area contributed by atoms with E-state index in [-0.39, 0.29) is 11.7 Å². The number of nitrogen functional groups attached to an aromatic ring is 1. The Hall–Kier alpha value is -1.90. The van der Waals surface area contributed by atoms with Gasteiger partial charge in [0.1, 0.15) is 12.3 Å². The number of halogens is 3. The van der Waals surface area contributed by atoms with Gasteiger partial charge in [-0.3, -0.25) is 10.2 Å². The number of aromatic nitrogens is 2. The van der Waals surface area contributed by atoms with Gasteiger partial charge in [-0.2, -0.15) is 18.2 Å². The summed E-state index contributed by atoms with van der Waals surface area (Å²) in [6.45, 7) is -0.614. The van der Waals surface area contributed by atoms with Crippen LogP contribution in [0.15, 0.2) is 12.3 Å². The van der Waals surface area contributed by atoms with Gasteiger partial charge in [0, 0.05) is 6.20 Å². The molecule has 0 spiro atoms. The molecule has 1 aromatic rings. The van der Waals surface area contributed by atoms with Gasteiger partial charge in [0.15, 0.2) is 0 Å². The SMILES string of the molecule is NNC(=O)c1ccnc(OCCC(F)(F)F)n1. The van der Waals surface area contributed by atoms with Crippen LogP contribution in [0.2, 0.25) is 0 Å². The molecule has 1 aromatic heterocycles. The minimum Gasteiger partial charge on any atom is -0.463 e. The third-order valence-electron chi connectivity index (χ3n) is 1.61. The molecule has 17 heavy (non-hydrogen) atoms. The molecule has 0 fully saturated rings. The van der Waals surface area contributed by atoms with Gasteiger partial charge in [-0.25, -0.2) is 10.8 Å². The van der Waals surface area contributed by atoms with Gasteiger partial charge in [-0.1, -0.05) is 0 Å². The molecule has 1 heterocycles. The highest BCUT2D eigenvalue weighted by molar-refractivity contribution is 5.91. The second-order valence-corrected chi connectivity index (χ2v) is 2.91. The number of rotatable bonds is 4. The average molecular weight is 250 g/mol. The lowest BCUT2D eigenvalue weighted by atomic mass is 10.4. The number of nitrogens with zero attached hydrogens (tertiary/aromatic N) is 2. The maximum absolute atomic E-state index is 11.8. The maximum Gasteiger partial charge on any atom is 0.392 e. The molecule has 0 saturated carbocycles. The molecule has 0 aliphatic heterocycles. The molecule has 1 rings (SSSR count). The zero-order chi connectivity index (χ0) is 12.9. The van der Waals surface area contributed by atoms with E-state index in [1.807, 2.05) is 5.43 Å². The molecule has 0 saturated heterocycles. The molecule has 9 heteroatoms. The highest BCUT2D eigenvalue weighted by Crippen LogP contribution is 2.19. The number of hydrogen-bond acceptors (Lipinski definition) is 5. The van der Waals surface area contributed by atoms with E-state index >= 15 is 0 Å². The van der Waals surface area contributed by atoms with Crippen LogP contribution in [0.5, 0.6) is 6.01 Å². The van der Waals surface area contributed by atoms with E-state index in [1.165, 1.54) is 12.3 Å². The first-order valence-corrected chi connectivity index (χ1v) is 4.46. The largest absolute Gasteiger partial charge is 0.463 e. The van der Waals surface area contributed by atoms with Crippen LogP contribution in [0.4, 0.5) is 13.2 Å². The number of amides is 1. The van der Waals surface area contributed by atoms with Gasteiger partial charge >= 0.3 is 12.2 Å². The van der Waals surface area contributed by atoms with Crippen molar-refractivity contribution >= 4 is 5.91 Å². The Morgan fingerprint density at radius 3 is 2.82 bits per heavy atom. The Labute approximate surface area is 94.0 Å². The Kier molecular flexibility index (Phi) is 4.21. The fourth-order valence-corrected chi connectivity index (χ4v) is 0.869. The predicted molar refractivity (Wildman–Crippen MR) is 49.9 cm³/mol. The standard InChI is InChI=1S/C8H9F3N4O2/c9-8(10,11)2-4-17-7-13-3-1-5(14-7)6(16)15-12/h1,3H,2,4,12H2,(H,15,16). The van der Waals surface area contributed by atoms with E-state index in [4.69, 9.17) is 5.84 Å². The normalized spacial score (nSPS) is 11.1. The Balaban J connectivity index is 2.57. The Morgan fingerprint density at radius 2 is 2.24 bits per heavy atom. The molecule has 0 unspecified atom stereocenters. The number of hydrazine groups is 1. The van der Waals surface area contributed by atoms with Gasteiger partial charge < -0.3 is 4.74 Å². The smallest absolute Gasteiger partial charge is 0.392 e. The molecule has 3 N–H and O–H groups in total. The molecule has 0 aliphatic rings. The van der Waals surface area contributed by atoms with Crippen molar-refractivity contribution in [2.24, 2.45) is 5.84 Å². The van der Waals surface area contributed by atoms with Crippen LogP contribution in [-0.4, -0.2) is 28.7 Å². The summed E-state index contributed by atoms with van der Waals surface area (Å²) in [7, 11) is 0. The summed E-state index contributed by atoms with van der Waals surface area (Å²) in [4.78, 5) is 18.2. The van der Waals surface area contributed by atoms with Crippen LogP contribution in [0.25, 0.3) is 0 Å².